The Morgan fingerprint density at radius 3 is 2.47 bits per heavy atom. The van der Waals surface area contributed by atoms with Crippen LogP contribution in [0.4, 0.5) is 0 Å². The van der Waals surface area contributed by atoms with Gasteiger partial charge in [0.05, 0.1) is 5.75 Å². The molecule has 0 aliphatic rings. The molecule has 2 heteroatoms. The van der Waals surface area contributed by atoms with E-state index in [0.717, 1.165) is 10.5 Å². The molecule has 0 aliphatic carbocycles. The maximum atomic E-state index is 11.6. The van der Waals surface area contributed by atoms with Gasteiger partial charge in [0.1, 0.15) is 0 Å². The Balaban J connectivity index is 2.73. The van der Waals surface area contributed by atoms with Gasteiger partial charge < -0.3 is 0 Å². The van der Waals surface area contributed by atoms with Crippen LogP contribution in [0.2, 0.25) is 0 Å². The van der Waals surface area contributed by atoms with Gasteiger partial charge >= 0.3 is 0 Å². The second-order valence-electron chi connectivity index (χ2n) is 3.54. The number of Topliss-reactive ketones (excluding diaryl/α,β-unsaturated/α-hetero) is 1. The molecule has 0 amide bonds. The van der Waals surface area contributed by atoms with Gasteiger partial charge in [-0.25, -0.2) is 0 Å². The van der Waals surface area contributed by atoms with Crippen molar-refractivity contribution < 1.29 is 4.79 Å². The van der Waals surface area contributed by atoms with E-state index in [1.165, 1.54) is 0 Å². The van der Waals surface area contributed by atoms with Gasteiger partial charge in [0.2, 0.25) is 0 Å². The summed E-state index contributed by atoms with van der Waals surface area (Å²) in [6.07, 6.45) is 5.17. The number of hydrogen-bond acceptors (Lipinski definition) is 2. The van der Waals surface area contributed by atoms with Crippen molar-refractivity contribution in [3.8, 4) is 12.3 Å². The fourth-order valence-corrected chi connectivity index (χ4v) is 1.75. The first-order chi connectivity index (χ1) is 7.15. The number of carbonyl (C=O) groups excluding carboxylic acids is 1. The molecule has 1 aromatic carbocycles. The quantitative estimate of drug-likeness (QED) is 0.438. The molecule has 0 aliphatic heterocycles. The first-order valence-corrected chi connectivity index (χ1v) is 5.84. The first-order valence-electron chi connectivity index (χ1n) is 4.85. The lowest BCUT2D eigenvalue weighted by Gasteiger charge is -2.04. The van der Waals surface area contributed by atoms with Crippen LogP contribution in [0, 0.1) is 18.3 Å². The van der Waals surface area contributed by atoms with Gasteiger partial charge in [-0.1, -0.05) is 31.9 Å². The SMILES string of the molecule is C#CCSc1ccc(C(=O)C(C)C)cc1. The molecular formula is C13H14OS. The molecule has 0 bridgehead atoms. The average molecular weight is 218 g/mol. The van der Waals surface area contributed by atoms with E-state index in [-0.39, 0.29) is 11.7 Å². The van der Waals surface area contributed by atoms with E-state index in [0.29, 0.717) is 5.75 Å². The van der Waals surface area contributed by atoms with Crippen molar-refractivity contribution in [3.63, 3.8) is 0 Å². The monoisotopic (exact) mass is 218 g/mol. The maximum absolute atomic E-state index is 11.6. The Bertz CT molecular complexity index is 371. The minimum absolute atomic E-state index is 0.0502. The van der Waals surface area contributed by atoms with E-state index in [9.17, 15) is 4.79 Å². The summed E-state index contributed by atoms with van der Waals surface area (Å²) in [7, 11) is 0. The fraction of sp³-hybridized carbons (Fsp3) is 0.308. The van der Waals surface area contributed by atoms with E-state index in [1.54, 1.807) is 11.8 Å². The van der Waals surface area contributed by atoms with E-state index in [1.807, 2.05) is 38.1 Å². The van der Waals surface area contributed by atoms with Crippen molar-refractivity contribution in [1.82, 2.24) is 0 Å². The lowest BCUT2D eigenvalue weighted by molar-refractivity contribution is 0.0939. The molecule has 0 spiro atoms. The Morgan fingerprint density at radius 1 is 1.40 bits per heavy atom. The smallest absolute Gasteiger partial charge is 0.165 e. The lowest BCUT2D eigenvalue weighted by atomic mass is 10.0. The van der Waals surface area contributed by atoms with Gasteiger partial charge in [0, 0.05) is 16.4 Å². The number of terminal acetylenes is 1. The largest absolute Gasteiger partial charge is 0.294 e. The Morgan fingerprint density at radius 2 is 2.00 bits per heavy atom. The van der Waals surface area contributed by atoms with Crippen molar-refractivity contribution >= 4 is 17.5 Å². The molecule has 0 aromatic heterocycles. The minimum atomic E-state index is 0.0502. The molecule has 0 saturated carbocycles. The van der Waals surface area contributed by atoms with Crippen LogP contribution in [0.5, 0.6) is 0 Å². The van der Waals surface area contributed by atoms with Crippen LogP contribution < -0.4 is 0 Å². The summed E-state index contributed by atoms with van der Waals surface area (Å²) < 4.78 is 0. The standard InChI is InChI=1S/C13H14OS/c1-4-9-15-12-7-5-11(6-8-12)13(14)10(2)3/h1,5-8,10H,9H2,2-3H3. The fourth-order valence-electron chi connectivity index (χ4n) is 1.17. The van der Waals surface area contributed by atoms with E-state index in [2.05, 4.69) is 5.92 Å². The third-order valence-electron chi connectivity index (χ3n) is 1.99. The van der Waals surface area contributed by atoms with E-state index >= 15 is 0 Å². The molecule has 78 valence electrons. The highest BCUT2D eigenvalue weighted by atomic mass is 32.2. The molecule has 1 aromatic rings. The van der Waals surface area contributed by atoms with Crippen LogP contribution in [-0.4, -0.2) is 11.5 Å². The summed E-state index contributed by atoms with van der Waals surface area (Å²) in [5, 5.41) is 0. The Labute approximate surface area is 95.3 Å². The van der Waals surface area contributed by atoms with Gasteiger partial charge in [-0.15, -0.1) is 18.2 Å². The molecule has 1 nitrogen and oxygen atoms in total. The van der Waals surface area contributed by atoms with Crippen LogP contribution in [0.1, 0.15) is 24.2 Å². The third kappa shape index (κ3) is 3.45. The van der Waals surface area contributed by atoms with Crippen LogP contribution >= 0.6 is 11.8 Å². The van der Waals surface area contributed by atoms with Gasteiger partial charge in [0.25, 0.3) is 0 Å². The van der Waals surface area contributed by atoms with Crippen molar-refractivity contribution in [2.45, 2.75) is 18.7 Å². The van der Waals surface area contributed by atoms with Gasteiger partial charge in [-0.05, 0) is 12.1 Å². The van der Waals surface area contributed by atoms with E-state index in [4.69, 9.17) is 6.42 Å². The highest BCUT2D eigenvalue weighted by Gasteiger charge is 2.09. The molecular weight excluding hydrogens is 204 g/mol. The van der Waals surface area contributed by atoms with Crippen LogP contribution in [0.25, 0.3) is 0 Å². The zero-order valence-corrected chi connectivity index (χ0v) is 9.80. The number of hydrogen-bond donors (Lipinski definition) is 0. The molecule has 1 rings (SSSR count). The highest BCUT2D eigenvalue weighted by molar-refractivity contribution is 7.99. The van der Waals surface area contributed by atoms with Crippen LogP contribution in [-0.2, 0) is 0 Å². The molecule has 0 saturated heterocycles. The van der Waals surface area contributed by atoms with Crippen LogP contribution in [0.3, 0.4) is 0 Å². The molecule has 0 N–H and O–H groups in total. The Hall–Kier alpha value is -1.20. The predicted molar refractivity (Wildman–Crippen MR) is 65.2 cm³/mol. The van der Waals surface area contributed by atoms with Crippen molar-refractivity contribution in [2.24, 2.45) is 5.92 Å². The summed E-state index contributed by atoms with van der Waals surface area (Å²) in [6, 6.07) is 7.61. The zero-order chi connectivity index (χ0) is 11.3. The Kier molecular flexibility index (Phi) is 4.45. The third-order valence-corrected chi connectivity index (χ3v) is 2.90. The van der Waals surface area contributed by atoms with Gasteiger partial charge in [0.15, 0.2) is 5.78 Å². The van der Waals surface area contributed by atoms with Crippen molar-refractivity contribution in [3.05, 3.63) is 29.8 Å². The summed E-state index contributed by atoms with van der Waals surface area (Å²) in [6.45, 7) is 3.81. The lowest BCUT2D eigenvalue weighted by Crippen LogP contribution is -2.06. The van der Waals surface area contributed by atoms with E-state index < -0.39 is 0 Å². The maximum Gasteiger partial charge on any atom is 0.165 e. The second-order valence-corrected chi connectivity index (χ2v) is 4.58. The summed E-state index contributed by atoms with van der Waals surface area (Å²) >= 11 is 1.60. The number of carbonyl (C=O) groups is 1. The van der Waals surface area contributed by atoms with Crippen molar-refractivity contribution in [1.29, 1.82) is 0 Å². The highest BCUT2D eigenvalue weighted by Crippen LogP contribution is 2.18. The second kappa shape index (κ2) is 5.63. The van der Waals surface area contributed by atoms with Crippen LogP contribution in [0.15, 0.2) is 29.2 Å². The predicted octanol–water partition coefficient (Wildman–Crippen LogP) is 3.25. The first kappa shape index (κ1) is 11.9. The number of benzene rings is 1. The number of thioether (sulfide) groups is 1. The van der Waals surface area contributed by atoms with Gasteiger partial charge in [-0.2, -0.15) is 0 Å². The summed E-state index contributed by atoms with van der Waals surface area (Å²) in [5.41, 5.74) is 0.773. The summed E-state index contributed by atoms with van der Waals surface area (Å²) in [5.74, 6) is 3.47. The molecule has 0 unspecified atom stereocenters. The molecule has 0 fully saturated rings. The molecule has 15 heavy (non-hydrogen) atoms. The zero-order valence-electron chi connectivity index (χ0n) is 8.99. The molecule has 0 radical (unpaired) electrons. The van der Waals surface area contributed by atoms with Crippen molar-refractivity contribution in [2.75, 3.05) is 5.75 Å². The molecule has 0 heterocycles. The molecule has 0 atom stereocenters. The van der Waals surface area contributed by atoms with Gasteiger partial charge in [-0.3, -0.25) is 4.79 Å². The summed E-state index contributed by atoms with van der Waals surface area (Å²) in [4.78, 5) is 12.7. The number of ketones is 1. The minimum Gasteiger partial charge on any atom is -0.294 e. The average Bonchev–Trinajstić information content (AvgIpc) is 2.26. The normalized spacial score (nSPS) is 10.0. The topological polar surface area (TPSA) is 17.1 Å². The number of rotatable bonds is 4.